The average molecular weight is 265 g/mol. The Morgan fingerprint density at radius 1 is 1.33 bits per heavy atom. The number of thiophene rings is 1. The molecule has 0 spiro atoms. The van der Waals surface area contributed by atoms with Gasteiger partial charge in [0, 0.05) is 15.8 Å². The molecule has 3 atom stereocenters. The van der Waals surface area contributed by atoms with Crippen molar-refractivity contribution in [2.24, 2.45) is 11.8 Å². The van der Waals surface area contributed by atoms with Crippen molar-refractivity contribution < 1.29 is 4.79 Å². The van der Waals surface area contributed by atoms with E-state index in [1.807, 2.05) is 13.0 Å². The molecule has 0 saturated heterocycles. The van der Waals surface area contributed by atoms with Crippen molar-refractivity contribution in [1.29, 1.82) is 0 Å². The number of aryl methyl sites for hydroxylation is 2. The second-order valence-corrected chi connectivity index (χ2v) is 7.13. The maximum absolute atomic E-state index is 12.3. The molecule has 1 aliphatic carbocycles. The molecule has 1 N–H and O–H groups in total. The number of amides is 1. The van der Waals surface area contributed by atoms with Gasteiger partial charge in [0.05, 0.1) is 5.56 Å². The Morgan fingerprint density at radius 2 is 2.06 bits per heavy atom. The number of hydrogen-bond donors (Lipinski definition) is 1. The van der Waals surface area contributed by atoms with Crippen LogP contribution in [0.3, 0.4) is 0 Å². The molecule has 1 heterocycles. The molecule has 18 heavy (non-hydrogen) atoms. The van der Waals surface area contributed by atoms with E-state index in [9.17, 15) is 4.79 Å². The molecular formula is C15H23NOS. The number of carbonyl (C=O) groups excluding carboxylic acids is 1. The van der Waals surface area contributed by atoms with Gasteiger partial charge in [0.1, 0.15) is 0 Å². The largest absolute Gasteiger partial charge is 0.349 e. The zero-order valence-corrected chi connectivity index (χ0v) is 12.6. The first kappa shape index (κ1) is 13.6. The van der Waals surface area contributed by atoms with Gasteiger partial charge >= 0.3 is 0 Å². The van der Waals surface area contributed by atoms with Crippen LogP contribution in [-0.2, 0) is 0 Å². The fourth-order valence-electron chi connectivity index (χ4n) is 2.89. The lowest BCUT2D eigenvalue weighted by Crippen LogP contribution is -2.43. The molecule has 0 aliphatic heterocycles. The fraction of sp³-hybridized carbons (Fsp3) is 0.667. The van der Waals surface area contributed by atoms with E-state index in [0.717, 1.165) is 16.9 Å². The molecular weight excluding hydrogens is 242 g/mol. The smallest absolute Gasteiger partial charge is 0.252 e. The summed E-state index contributed by atoms with van der Waals surface area (Å²) in [5.74, 6) is 1.42. The molecule has 1 fully saturated rings. The Labute approximate surface area is 114 Å². The minimum Gasteiger partial charge on any atom is -0.349 e. The zero-order chi connectivity index (χ0) is 13.3. The van der Waals surface area contributed by atoms with E-state index in [-0.39, 0.29) is 5.91 Å². The van der Waals surface area contributed by atoms with Gasteiger partial charge in [0.25, 0.3) is 5.91 Å². The third-order valence-electron chi connectivity index (χ3n) is 4.31. The topological polar surface area (TPSA) is 29.1 Å². The summed E-state index contributed by atoms with van der Waals surface area (Å²) in [6.45, 7) is 8.64. The van der Waals surface area contributed by atoms with Crippen LogP contribution in [0.25, 0.3) is 0 Å². The lowest BCUT2D eigenvalue weighted by atomic mass is 9.78. The Balaban J connectivity index is 2.05. The maximum atomic E-state index is 12.3. The highest BCUT2D eigenvalue weighted by molar-refractivity contribution is 7.12. The maximum Gasteiger partial charge on any atom is 0.252 e. The first-order valence-electron chi connectivity index (χ1n) is 6.87. The monoisotopic (exact) mass is 265 g/mol. The third kappa shape index (κ3) is 2.77. The van der Waals surface area contributed by atoms with Crippen molar-refractivity contribution >= 4 is 17.2 Å². The molecule has 1 aromatic heterocycles. The number of carbonyl (C=O) groups is 1. The molecule has 0 aromatic carbocycles. The van der Waals surface area contributed by atoms with E-state index >= 15 is 0 Å². The zero-order valence-electron chi connectivity index (χ0n) is 11.7. The summed E-state index contributed by atoms with van der Waals surface area (Å²) in [4.78, 5) is 14.6. The predicted octanol–water partition coefficient (Wildman–Crippen LogP) is 3.92. The summed E-state index contributed by atoms with van der Waals surface area (Å²) in [6.07, 6.45) is 3.65. The van der Waals surface area contributed by atoms with Gasteiger partial charge in [-0.1, -0.05) is 26.7 Å². The van der Waals surface area contributed by atoms with Crippen molar-refractivity contribution in [2.45, 2.75) is 53.0 Å². The van der Waals surface area contributed by atoms with Crippen LogP contribution in [0.5, 0.6) is 0 Å². The summed E-state index contributed by atoms with van der Waals surface area (Å²) in [5.41, 5.74) is 0.864. The summed E-state index contributed by atoms with van der Waals surface area (Å²) >= 11 is 1.70. The van der Waals surface area contributed by atoms with Crippen LogP contribution in [0.15, 0.2) is 6.07 Å². The first-order chi connectivity index (χ1) is 8.49. The van der Waals surface area contributed by atoms with Gasteiger partial charge in [-0.15, -0.1) is 11.3 Å². The molecule has 3 unspecified atom stereocenters. The Hall–Kier alpha value is -0.830. The molecule has 2 rings (SSSR count). The van der Waals surface area contributed by atoms with E-state index < -0.39 is 0 Å². The van der Waals surface area contributed by atoms with Crippen LogP contribution in [0.1, 0.15) is 53.2 Å². The fourth-order valence-corrected chi connectivity index (χ4v) is 3.81. The van der Waals surface area contributed by atoms with Gasteiger partial charge in [-0.2, -0.15) is 0 Å². The second kappa shape index (κ2) is 5.43. The quantitative estimate of drug-likeness (QED) is 0.862. The molecule has 1 amide bonds. The van der Waals surface area contributed by atoms with E-state index in [2.05, 4.69) is 26.1 Å². The normalized spacial score (nSPS) is 28.1. The van der Waals surface area contributed by atoms with Crippen LogP contribution >= 0.6 is 11.3 Å². The Bertz CT molecular complexity index is 438. The minimum absolute atomic E-state index is 0.114. The second-order valence-electron chi connectivity index (χ2n) is 5.67. The van der Waals surface area contributed by atoms with Crippen molar-refractivity contribution in [2.75, 3.05) is 0 Å². The first-order valence-corrected chi connectivity index (χ1v) is 7.68. The van der Waals surface area contributed by atoms with E-state index in [4.69, 9.17) is 0 Å². The van der Waals surface area contributed by atoms with Gasteiger partial charge in [0.2, 0.25) is 0 Å². The SMILES string of the molecule is Cc1cc(C(=O)NC2CCCC(C)C2C)c(C)s1. The Kier molecular flexibility index (Phi) is 4.10. The standard InChI is InChI=1S/C15H23NOS/c1-9-6-5-7-14(11(9)3)16-15(17)13-8-10(2)18-12(13)4/h8-9,11,14H,5-7H2,1-4H3,(H,16,17). The highest BCUT2D eigenvalue weighted by atomic mass is 32.1. The average Bonchev–Trinajstić information content (AvgIpc) is 2.64. The molecule has 100 valence electrons. The molecule has 1 saturated carbocycles. The van der Waals surface area contributed by atoms with Crippen LogP contribution in [0.4, 0.5) is 0 Å². The third-order valence-corrected chi connectivity index (χ3v) is 5.27. The lowest BCUT2D eigenvalue weighted by molar-refractivity contribution is 0.0891. The predicted molar refractivity (Wildman–Crippen MR) is 77.2 cm³/mol. The number of rotatable bonds is 2. The van der Waals surface area contributed by atoms with Gasteiger partial charge in [-0.25, -0.2) is 0 Å². The molecule has 1 aromatic rings. The van der Waals surface area contributed by atoms with E-state index in [1.165, 1.54) is 17.7 Å². The van der Waals surface area contributed by atoms with E-state index in [1.54, 1.807) is 11.3 Å². The lowest BCUT2D eigenvalue weighted by Gasteiger charge is -2.34. The van der Waals surface area contributed by atoms with Crippen LogP contribution < -0.4 is 5.32 Å². The van der Waals surface area contributed by atoms with Crippen LogP contribution in [0.2, 0.25) is 0 Å². The number of nitrogens with one attached hydrogen (secondary N) is 1. The van der Waals surface area contributed by atoms with Crippen LogP contribution in [-0.4, -0.2) is 11.9 Å². The number of hydrogen-bond acceptors (Lipinski definition) is 2. The van der Waals surface area contributed by atoms with Crippen molar-refractivity contribution in [3.05, 3.63) is 21.4 Å². The van der Waals surface area contributed by atoms with Crippen molar-refractivity contribution in [1.82, 2.24) is 5.32 Å². The summed E-state index contributed by atoms with van der Waals surface area (Å²) in [6, 6.07) is 2.35. The van der Waals surface area contributed by atoms with Gasteiger partial charge in [-0.3, -0.25) is 4.79 Å². The molecule has 3 heteroatoms. The van der Waals surface area contributed by atoms with E-state index in [0.29, 0.717) is 17.9 Å². The van der Waals surface area contributed by atoms with Crippen molar-refractivity contribution in [3.63, 3.8) is 0 Å². The van der Waals surface area contributed by atoms with Gasteiger partial charge in [0.15, 0.2) is 0 Å². The van der Waals surface area contributed by atoms with Gasteiger partial charge < -0.3 is 5.32 Å². The molecule has 0 bridgehead atoms. The molecule has 2 nitrogen and oxygen atoms in total. The van der Waals surface area contributed by atoms with Gasteiger partial charge in [-0.05, 0) is 38.2 Å². The Morgan fingerprint density at radius 3 is 2.67 bits per heavy atom. The molecule has 0 radical (unpaired) electrons. The van der Waals surface area contributed by atoms with Crippen LogP contribution in [0, 0.1) is 25.7 Å². The minimum atomic E-state index is 0.114. The summed E-state index contributed by atoms with van der Waals surface area (Å²) < 4.78 is 0. The van der Waals surface area contributed by atoms with Crippen molar-refractivity contribution in [3.8, 4) is 0 Å². The highest BCUT2D eigenvalue weighted by Gasteiger charge is 2.28. The summed E-state index contributed by atoms with van der Waals surface area (Å²) in [7, 11) is 0. The molecule has 1 aliphatic rings. The highest BCUT2D eigenvalue weighted by Crippen LogP contribution is 2.30. The summed E-state index contributed by atoms with van der Waals surface area (Å²) in [5, 5.41) is 3.24.